The number of halogens is 2. The van der Waals surface area contributed by atoms with Crippen LogP contribution in [0, 0.1) is 6.92 Å². The normalized spacial score (nSPS) is 10.7. The second kappa shape index (κ2) is 13.5. The molecule has 12 heteroatoms. The van der Waals surface area contributed by atoms with Gasteiger partial charge in [-0.2, -0.15) is 0 Å². The first kappa shape index (κ1) is 29.1. The molecule has 0 aliphatic rings. The lowest BCUT2D eigenvalue weighted by Crippen LogP contribution is -2.25. The molecule has 9 nitrogen and oxygen atoms in total. The summed E-state index contributed by atoms with van der Waals surface area (Å²) in [7, 11) is 0. The summed E-state index contributed by atoms with van der Waals surface area (Å²) in [6.45, 7) is 4.05. The number of esters is 1. The molecular weight excluding hydrogens is 573 g/mol. The number of carbonyl (C=O) groups excluding carboxylic acids is 3. The first-order chi connectivity index (χ1) is 19.2. The van der Waals surface area contributed by atoms with E-state index in [9.17, 15) is 14.4 Å². The number of ether oxygens (including phenoxy) is 1. The Morgan fingerprint density at radius 2 is 1.77 bits per heavy atom. The van der Waals surface area contributed by atoms with Crippen molar-refractivity contribution >= 4 is 58.4 Å². The first-order valence-electron chi connectivity index (χ1n) is 12.2. The van der Waals surface area contributed by atoms with Gasteiger partial charge in [0, 0.05) is 16.4 Å². The summed E-state index contributed by atoms with van der Waals surface area (Å²) >= 11 is 13.3. The van der Waals surface area contributed by atoms with Crippen LogP contribution in [-0.2, 0) is 16.1 Å². The van der Waals surface area contributed by atoms with E-state index in [1.807, 2.05) is 31.2 Å². The van der Waals surface area contributed by atoms with Gasteiger partial charge in [0.15, 0.2) is 11.0 Å². The molecule has 206 valence electrons. The Morgan fingerprint density at radius 3 is 2.48 bits per heavy atom. The zero-order valence-electron chi connectivity index (χ0n) is 21.6. The van der Waals surface area contributed by atoms with Crippen molar-refractivity contribution in [3.63, 3.8) is 0 Å². The highest BCUT2D eigenvalue weighted by molar-refractivity contribution is 7.99. The van der Waals surface area contributed by atoms with Crippen molar-refractivity contribution in [1.29, 1.82) is 0 Å². The van der Waals surface area contributed by atoms with E-state index < -0.39 is 5.97 Å². The maximum Gasteiger partial charge on any atom is 0.338 e. The number of aromatic nitrogens is 3. The Hall–Kier alpha value is -3.86. The molecule has 1 heterocycles. The van der Waals surface area contributed by atoms with Gasteiger partial charge in [0.25, 0.3) is 5.91 Å². The SMILES string of the molecule is CCOC(=O)c1ccc(NC(=O)CSc2nnc(CNC(=O)c3ccc(Cl)cc3Cl)n2-c2cccc(C)c2)cc1. The van der Waals surface area contributed by atoms with Crippen molar-refractivity contribution in [2.45, 2.75) is 25.5 Å². The number of anilines is 1. The van der Waals surface area contributed by atoms with Gasteiger partial charge in [0.1, 0.15) is 0 Å². The predicted octanol–water partition coefficient (Wildman–Crippen LogP) is 5.72. The van der Waals surface area contributed by atoms with Crippen molar-refractivity contribution in [2.75, 3.05) is 17.7 Å². The predicted molar refractivity (Wildman–Crippen MR) is 155 cm³/mol. The van der Waals surface area contributed by atoms with Crippen LogP contribution in [-0.4, -0.2) is 44.9 Å². The van der Waals surface area contributed by atoms with Crippen molar-refractivity contribution < 1.29 is 19.1 Å². The molecule has 0 radical (unpaired) electrons. The topological polar surface area (TPSA) is 115 Å². The van der Waals surface area contributed by atoms with Gasteiger partial charge in [-0.1, -0.05) is 47.1 Å². The summed E-state index contributed by atoms with van der Waals surface area (Å²) in [5.41, 5.74) is 3.04. The molecule has 0 fully saturated rings. The third kappa shape index (κ3) is 7.41. The first-order valence-corrected chi connectivity index (χ1v) is 13.9. The number of aryl methyl sites for hydroxylation is 1. The molecular formula is C28H25Cl2N5O4S. The zero-order valence-corrected chi connectivity index (χ0v) is 23.9. The van der Waals surface area contributed by atoms with Crippen LogP contribution in [0.1, 0.15) is 39.0 Å². The van der Waals surface area contributed by atoms with Crippen LogP contribution in [0.15, 0.2) is 71.9 Å². The van der Waals surface area contributed by atoms with Crippen LogP contribution in [0.25, 0.3) is 5.69 Å². The van der Waals surface area contributed by atoms with Gasteiger partial charge in [-0.15, -0.1) is 10.2 Å². The number of amides is 2. The summed E-state index contributed by atoms with van der Waals surface area (Å²) in [5.74, 6) is -0.546. The van der Waals surface area contributed by atoms with Gasteiger partial charge in [-0.05, 0) is 74.0 Å². The molecule has 0 saturated carbocycles. The van der Waals surface area contributed by atoms with E-state index in [-0.39, 0.29) is 41.3 Å². The van der Waals surface area contributed by atoms with E-state index in [1.54, 1.807) is 47.9 Å². The minimum atomic E-state index is -0.422. The second-order valence-electron chi connectivity index (χ2n) is 8.51. The molecule has 0 unspecified atom stereocenters. The number of benzene rings is 3. The fourth-order valence-electron chi connectivity index (χ4n) is 3.69. The third-order valence-corrected chi connectivity index (χ3v) is 7.03. The van der Waals surface area contributed by atoms with Crippen molar-refractivity contribution in [1.82, 2.24) is 20.1 Å². The average molecular weight is 599 g/mol. The van der Waals surface area contributed by atoms with Crippen LogP contribution in [0.4, 0.5) is 5.69 Å². The quantitative estimate of drug-likeness (QED) is 0.177. The van der Waals surface area contributed by atoms with Crippen LogP contribution in [0.2, 0.25) is 10.0 Å². The zero-order chi connectivity index (χ0) is 28.6. The van der Waals surface area contributed by atoms with Gasteiger partial charge in [0.05, 0.1) is 35.1 Å². The van der Waals surface area contributed by atoms with Crippen LogP contribution < -0.4 is 10.6 Å². The average Bonchev–Trinajstić information content (AvgIpc) is 3.34. The molecule has 4 aromatic rings. The number of rotatable bonds is 10. The van der Waals surface area contributed by atoms with E-state index in [0.29, 0.717) is 27.3 Å². The highest BCUT2D eigenvalue weighted by Gasteiger charge is 2.18. The lowest BCUT2D eigenvalue weighted by atomic mass is 10.2. The maximum atomic E-state index is 12.8. The molecule has 0 aliphatic carbocycles. The smallest absolute Gasteiger partial charge is 0.338 e. The van der Waals surface area contributed by atoms with Crippen LogP contribution in [0.3, 0.4) is 0 Å². The van der Waals surface area contributed by atoms with Gasteiger partial charge in [0.2, 0.25) is 5.91 Å². The monoisotopic (exact) mass is 597 g/mol. The maximum absolute atomic E-state index is 12.8. The number of thioether (sulfide) groups is 1. The number of hydrogen-bond donors (Lipinski definition) is 2. The fraction of sp³-hybridized carbons (Fsp3) is 0.179. The summed E-state index contributed by atoms with van der Waals surface area (Å²) in [6, 6.07) is 18.8. The molecule has 0 atom stereocenters. The summed E-state index contributed by atoms with van der Waals surface area (Å²) in [5, 5.41) is 15.3. The van der Waals surface area contributed by atoms with E-state index >= 15 is 0 Å². The van der Waals surface area contributed by atoms with E-state index in [1.165, 1.54) is 17.8 Å². The van der Waals surface area contributed by atoms with Gasteiger partial charge >= 0.3 is 5.97 Å². The molecule has 2 N–H and O–H groups in total. The fourth-order valence-corrected chi connectivity index (χ4v) is 4.96. The highest BCUT2D eigenvalue weighted by Crippen LogP contribution is 2.24. The lowest BCUT2D eigenvalue weighted by molar-refractivity contribution is -0.113. The molecule has 0 aliphatic heterocycles. The van der Waals surface area contributed by atoms with Gasteiger partial charge in [-0.25, -0.2) is 4.79 Å². The van der Waals surface area contributed by atoms with E-state index in [2.05, 4.69) is 20.8 Å². The van der Waals surface area contributed by atoms with Gasteiger partial charge in [-0.3, -0.25) is 14.2 Å². The minimum absolute atomic E-state index is 0.0519. The van der Waals surface area contributed by atoms with E-state index in [4.69, 9.17) is 27.9 Å². The summed E-state index contributed by atoms with van der Waals surface area (Å²) in [4.78, 5) is 37.3. The van der Waals surface area contributed by atoms with E-state index in [0.717, 1.165) is 11.3 Å². The summed E-state index contributed by atoms with van der Waals surface area (Å²) in [6.07, 6.45) is 0. The number of nitrogens with zero attached hydrogens (tertiary/aromatic N) is 3. The molecule has 3 aromatic carbocycles. The van der Waals surface area contributed by atoms with Crippen LogP contribution >= 0.6 is 35.0 Å². The molecule has 2 amide bonds. The van der Waals surface area contributed by atoms with Crippen LogP contribution in [0.5, 0.6) is 0 Å². The molecule has 0 saturated heterocycles. The standard InChI is InChI=1S/C28H25Cl2N5O4S/c1-3-39-27(38)18-7-10-20(11-8-18)32-25(36)16-40-28-34-33-24(35(28)21-6-4-5-17(2)13-21)15-31-26(37)22-12-9-19(29)14-23(22)30/h4-14H,3,15-16H2,1-2H3,(H,31,37)(H,32,36). The Balaban J connectivity index is 1.46. The molecule has 1 aromatic heterocycles. The third-order valence-electron chi connectivity index (χ3n) is 5.56. The number of nitrogens with one attached hydrogen (secondary N) is 2. The van der Waals surface area contributed by atoms with Gasteiger partial charge < -0.3 is 15.4 Å². The van der Waals surface area contributed by atoms with Crippen molar-refractivity contribution in [2.24, 2.45) is 0 Å². The Kier molecular flexibility index (Phi) is 9.81. The molecule has 0 bridgehead atoms. The molecule has 40 heavy (non-hydrogen) atoms. The Labute approximate surface area is 245 Å². The molecule has 0 spiro atoms. The number of carbonyl (C=O) groups is 3. The van der Waals surface area contributed by atoms with Crippen molar-refractivity contribution in [3.05, 3.63) is 99.3 Å². The summed E-state index contributed by atoms with van der Waals surface area (Å²) < 4.78 is 6.77. The Bertz CT molecular complexity index is 1540. The number of hydrogen-bond acceptors (Lipinski definition) is 7. The Morgan fingerprint density at radius 1 is 1.00 bits per heavy atom. The largest absolute Gasteiger partial charge is 0.462 e. The van der Waals surface area contributed by atoms with Crippen molar-refractivity contribution in [3.8, 4) is 5.69 Å². The highest BCUT2D eigenvalue weighted by atomic mass is 35.5. The minimum Gasteiger partial charge on any atom is -0.462 e. The second-order valence-corrected chi connectivity index (χ2v) is 10.3. The molecule has 4 rings (SSSR count). The lowest BCUT2D eigenvalue weighted by Gasteiger charge is -2.12.